The van der Waals surface area contributed by atoms with Crippen molar-refractivity contribution in [1.29, 1.82) is 10.5 Å². The van der Waals surface area contributed by atoms with E-state index >= 15 is 0 Å². The van der Waals surface area contributed by atoms with Crippen LogP contribution in [-0.2, 0) is 0 Å². The molecule has 2 N–H and O–H groups in total. The molecular weight excluding hydrogens is 1460 g/mol. The lowest BCUT2D eigenvalue weighted by Crippen LogP contribution is -2.29. The van der Waals surface area contributed by atoms with Gasteiger partial charge in [0.15, 0.2) is 29.1 Å². The number of nitriles is 2. The van der Waals surface area contributed by atoms with Crippen LogP contribution in [0.25, 0.3) is 231 Å². The van der Waals surface area contributed by atoms with Gasteiger partial charge in [-0.05, 0) is 188 Å². The van der Waals surface area contributed by atoms with Crippen molar-refractivity contribution >= 4 is 198 Å². The molecule has 0 aliphatic rings. The number of halogens is 1. The fourth-order valence-corrected chi connectivity index (χ4v) is 17.1. The van der Waals surface area contributed by atoms with Crippen molar-refractivity contribution in [3.05, 3.63) is 332 Å². The largest absolute Gasteiger partial charge is 0.488 e. The molecule has 540 valence electrons. The van der Waals surface area contributed by atoms with Crippen molar-refractivity contribution in [2.45, 2.75) is 0 Å². The van der Waals surface area contributed by atoms with E-state index in [0.717, 1.165) is 179 Å². The van der Waals surface area contributed by atoms with Gasteiger partial charge in [-0.15, -0.1) is 0 Å². The Labute approximate surface area is 663 Å². The molecule has 0 atom stereocenters. The summed E-state index contributed by atoms with van der Waals surface area (Å²) in [5.74, 6) is 2.27. The third-order valence-electron chi connectivity index (χ3n) is 22.2. The predicted octanol–water partition coefficient (Wildman–Crippen LogP) is 24.7. The van der Waals surface area contributed by atoms with Crippen molar-refractivity contribution in [3.8, 4) is 69.1 Å². The molecule has 24 aromatic rings. The van der Waals surface area contributed by atoms with Gasteiger partial charge in [-0.2, -0.15) is 20.5 Å². The summed E-state index contributed by atoms with van der Waals surface area (Å²) in [7, 11) is -1.46. The Hall–Kier alpha value is -15.5. The van der Waals surface area contributed by atoms with E-state index < -0.39 is 7.12 Å². The van der Waals surface area contributed by atoms with Crippen LogP contribution < -0.4 is 5.46 Å². The Morgan fingerprint density at radius 3 is 0.776 bits per heavy atom. The highest BCUT2D eigenvalue weighted by Crippen LogP contribution is 2.49. The van der Waals surface area contributed by atoms with Crippen LogP contribution in [0.2, 0.25) is 5.28 Å². The van der Waals surface area contributed by atoms with Crippen LogP contribution in [-0.4, -0.2) is 47.1 Å². The van der Waals surface area contributed by atoms with Gasteiger partial charge in [0.05, 0.1) is 45.5 Å². The van der Waals surface area contributed by atoms with Gasteiger partial charge in [-0.3, -0.25) is 0 Å². The number of furan rings is 4. The summed E-state index contributed by atoms with van der Waals surface area (Å²) >= 11 is 6.78. The first-order valence-corrected chi connectivity index (χ1v) is 38.1. The van der Waals surface area contributed by atoms with Crippen molar-refractivity contribution < 1.29 is 27.7 Å². The van der Waals surface area contributed by atoms with Crippen LogP contribution in [0.5, 0.6) is 0 Å². The van der Waals surface area contributed by atoms with Crippen LogP contribution in [0.4, 0.5) is 0 Å². The maximum Gasteiger partial charge on any atom is 0.488 e. The summed E-state index contributed by atoms with van der Waals surface area (Å²) in [6.07, 6.45) is 0. The standard InChI is InChI=1S/C50H26N4O2.C43H22ClN3O2.C7H6BNO2/c51-27-28-17-19-31(20-18-28)48-52-49(38-25-32-11-3-7-15-36(32)44-42-34-13-5-1-9-29(34)21-23-40(42)55-46(38)44)54-50(53-48)39-26-33-12-4-8-16-37(33)45-43-35-14-6-2-10-30(35)22-24-41(43)56-47(39)45;44-43-46-41(31-21-25-11-3-7-15-29(25)37-35-27-13-5-1-9-23(27)17-19-33(35)48-39(31)37)45-42(47-43)32-22-26-12-4-8-16-30(26)38-36-28-14-6-2-10-24(28)18-20-34(36)49-40(32)38;9-5-6-1-3-7(4-2-6)8(10)11/h1-26H;1-22H;1-4,10-11H. The monoisotopic (exact) mass is 1510 g/mol. The third-order valence-corrected chi connectivity index (χ3v) is 22.4. The van der Waals surface area contributed by atoms with E-state index in [-0.39, 0.29) is 5.28 Å². The van der Waals surface area contributed by atoms with E-state index in [4.69, 9.17) is 74.5 Å². The Balaban J connectivity index is 0.000000125. The van der Waals surface area contributed by atoms with Crippen molar-refractivity contribution in [1.82, 2.24) is 29.9 Å². The second-order valence-corrected chi connectivity index (χ2v) is 29.1. The molecule has 6 aromatic heterocycles. The first-order valence-electron chi connectivity index (χ1n) is 37.7. The van der Waals surface area contributed by atoms with E-state index in [1.807, 2.05) is 54.6 Å². The first-order chi connectivity index (χ1) is 57.1. The molecule has 0 unspecified atom stereocenters. The van der Waals surface area contributed by atoms with Crippen LogP contribution in [0.15, 0.2) is 333 Å². The highest BCUT2D eigenvalue weighted by atomic mass is 35.5. The summed E-state index contributed by atoms with van der Waals surface area (Å²) in [6.45, 7) is 0. The normalized spacial score (nSPS) is 11.7. The van der Waals surface area contributed by atoms with E-state index in [2.05, 4.69) is 237 Å². The molecule has 0 fully saturated rings. The minimum absolute atomic E-state index is 0.0886. The summed E-state index contributed by atoms with van der Waals surface area (Å²) in [5.41, 5.74) is 11.2. The van der Waals surface area contributed by atoms with E-state index in [0.29, 0.717) is 68.0 Å². The Morgan fingerprint density at radius 2 is 0.500 bits per heavy atom. The summed E-state index contributed by atoms with van der Waals surface area (Å²) in [6, 6.07) is 110. The lowest BCUT2D eigenvalue weighted by atomic mass is 9.80. The molecule has 0 aliphatic carbocycles. The molecule has 6 heterocycles. The minimum atomic E-state index is -1.46. The Morgan fingerprint density at radius 1 is 0.259 bits per heavy atom. The van der Waals surface area contributed by atoms with Gasteiger partial charge < -0.3 is 27.7 Å². The number of nitrogens with zero attached hydrogens (tertiary/aromatic N) is 8. The highest BCUT2D eigenvalue weighted by Gasteiger charge is 2.28. The molecular formula is C100H54BClN8O6. The highest BCUT2D eigenvalue weighted by molar-refractivity contribution is 6.58. The zero-order valence-electron chi connectivity index (χ0n) is 61.1. The van der Waals surface area contributed by atoms with Crippen LogP contribution in [0, 0.1) is 22.7 Å². The van der Waals surface area contributed by atoms with E-state index in [1.54, 1.807) is 12.1 Å². The van der Waals surface area contributed by atoms with E-state index in [9.17, 15) is 5.26 Å². The van der Waals surface area contributed by atoms with Gasteiger partial charge in [0.1, 0.15) is 44.7 Å². The topological polar surface area (TPSA) is 218 Å². The van der Waals surface area contributed by atoms with Gasteiger partial charge in [-0.1, -0.05) is 231 Å². The van der Waals surface area contributed by atoms with E-state index in [1.165, 1.54) is 24.3 Å². The van der Waals surface area contributed by atoms with Crippen LogP contribution >= 0.6 is 11.6 Å². The molecule has 0 bridgehead atoms. The quantitative estimate of drug-likeness (QED) is 0.148. The maximum absolute atomic E-state index is 9.60. The zero-order chi connectivity index (χ0) is 77.4. The number of fused-ring (bicyclic) bond motifs is 28. The molecule has 18 aromatic carbocycles. The van der Waals surface area contributed by atoms with Gasteiger partial charge in [0, 0.05) is 48.7 Å². The molecule has 14 nitrogen and oxygen atoms in total. The molecule has 0 saturated carbocycles. The fourth-order valence-electron chi connectivity index (χ4n) is 17.0. The minimum Gasteiger partial charge on any atom is -0.455 e. The first kappa shape index (κ1) is 67.4. The maximum atomic E-state index is 9.60. The molecule has 16 heteroatoms. The van der Waals surface area contributed by atoms with Crippen LogP contribution in [0.1, 0.15) is 11.1 Å². The van der Waals surface area contributed by atoms with Crippen molar-refractivity contribution in [2.75, 3.05) is 0 Å². The Bertz CT molecular complexity index is 7970. The number of benzene rings is 18. The molecule has 24 rings (SSSR count). The molecule has 0 saturated heterocycles. The van der Waals surface area contributed by atoms with Gasteiger partial charge in [0.2, 0.25) is 5.28 Å². The molecule has 0 radical (unpaired) electrons. The van der Waals surface area contributed by atoms with Crippen molar-refractivity contribution in [3.63, 3.8) is 0 Å². The number of rotatable bonds is 6. The number of hydrogen-bond acceptors (Lipinski definition) is 14. The predicted molar refractivity (Wildman–Crippen MR) is 467 cm³/mol. The fraction of sp³-hybridized carbons (Fsp3) is 0. The summed E-state index contributed by atoms with van der Waals surface area (Å²) in [5, 5.41) is 61.4. The second-order valence-electron chi connectivity index (χ2n) is 28.8. The lowest BCUT2D eigenvalue weighted by molar-refractivity contribution is 0.426. The van der Waals surface area contributed by atoms with Crippen molar-refractivity contribution in [2.24, 2.45) is 0 Å². The zero-order valence-corrected chi connectivity index (χ0v) is 61.8. The van der Waals surface area contributed by atoms with Gasteiger partial charge in [0.25, 0.3) is 0 Å². The van der Waals surface area contributed by atoms with Gasteiger partial charge >= 0.3 is 7.12 Å². The average Bonchev–Trinajstić information content (AvgIpc) is 1.56. The Kier molecular flexibility index (Phi) is 15.6. The van der Waals surface area contributed by atoms with Gasteiger partial charge in [-0.25, -0.2) is 19.9 Å². The second kappa shape index (κ2) is 26.9. The molecule has 0 amide bonds. The molecule has 0 aliphatic heterocycles. The van der Waals surface area contributed by atoms with Crippen LogP contribution in [0.3, 0.4) is 0 Å². The smallest absolute Gasteiger partial charge is 0.455 e. The average molecular weight is 1510 g/mol. The third kappa shape index (κ3) is 10.9. The SMILES string of the molecule is Clc1nc(-c2cc3ccccc3c3c2oc2ccc4ccccc4c23)nc(-c2cc3ccccc3c3c2oc2ccc4ccccc4c23)n1.N#Cc1ccc(-c2nc(-c3cc4ccccc4c4c3oc3ccc5ccccc5c34)nc(-c3cc4ccccc4c4c3oc3ccc5ccccc5c34)n2)cc1.N#Cc1ccc(B(O)O)cc1. The number of hydrogen-bond donors (Lipinski definition) is 2. The summed E-state index contributed by atoms with van der Waals surface area (Å²) in [4.78, 5) is 30.2. The summed E-state index contributed by atoms with van der Waals surface area (Å²) < 4.78 is 27.0. The molecule has 0 spiro atoms. The lowest BCUT2D eigenvalue weighted by Gasteiger charge is -2.11. The molecule has 116 heavy (non-hydrogen) atoms. The number of aromatic nitrogens is 6.